The number of carboxylic acid groups (broad SMARTS) is 1. The molecule has 10 heteroatoms. The minimum atomic E-state index is -0.682. The van der Waals surface area contributed by atoms with Crippen molar-refractivity contribution in [2.75, 3.05) is 51.5 Å². The van der Waals surface area contributed by atoms with Gasteiger partial charge in [-0.1, -0.05) is 11.6 Å². The molecule has 198 valence electrons. The first-order valence-electron chi connectivity index (χ1n) is 12.8. The van der Waals surface area contributed by atoms with E-state index in [1.54, 1.807) is 11.8 Å². The van der Waals surface area contributed by atoms with Crippen LogP contribution in [0.2, 0.25) is 5.02 Å². The minimum Gasteiger partial charge on any atom is -0.481 e. The van der Waals surface area contributed by atoms with Gasteiger partial charge in [0, 0.05) is 48.0 Å². The van der Waals surface area contributed by atoms with Crippen LogP contribution in [0.25, 0.3) is 10.9 Å². The number of hydrogen-bond acceptors (Lipinski definition) is 7. The van der Waals surface area contributed by atoms with E-state index >= 15 is 0 Å². The third-order valence-electron chi connectivity index (χ3n) is 7.11. The van der Waals surface area contributed by atoms with Gasteiger partial charge in [0.25, 0.3) is 0 Å². The van der Waals surface area contributed by atoms with E-state index in [9.17, 15) is 9.90 Å². The van der Waals surface area contributed by atoms with Crippen molar-refractivity contribution >= 4 is 51.0 Å². The fraction of sp³-hybridized carbons (Fsp3) is 0.615. The number of nitrogens with zero attached hydrogens (tertiary/aromatic N) is 2. The summed E-state index contributed by atoms with van der Waals surface area (Å²) in [5.41, 5.74) is 3.10. The molecule has 8 nitrogen and oxygen atoms in total. The predicted molar refractivity (Wildman–Crippen MR) is 150 cm³/mol. The molecule has 0 spiro atoms. The maximum Gasteiger partial charge on any atom is 0.307 e. The van der Waals surface area contributed by atoms with Gasteiger partial charge in [0.1, 0.15) is 5.04 Å². The van der Waals surface area contributed by atoms with Gasteiger partial charge in [-0.05, 0) is 71.4 Å². The number of nitrogens with one attached hydrogen (secondary N) is 3. The molecule has 0 amide bonds. The van der Waals surface area contributed by atoms with Crippen LogP contribution in [0.15, 0.2) is 23.2 Å². The Bertz CT molecular complexity index is 1070. The van der Waals surface area contributed by atoms with Crippen LogP contribution in [-0.4, -0.2) is 90.3 Å². The number of aliphatic carboxylic acids is 1. The molecule has 3 aliphatic heterocycles. The van der Waals surface area contributed by atoms with Crippen molar-refractivity contribution in [1.29, 1.82) is 0 Å². The van der Waals surface area contributed by atoms with Crippen LogP contribution in [0.5, 0.6) is 0 Å². The SMILES string of the molecule is CC(C1CSC(c2cc3cc(Cl)cc(NC4CCOCC4)c3[nH]2)=N1)N1CCC[C@H](C(=O)O)C1.CNC. The second-order valence-corrected chi connectivity index (χ2v) is 11.3. The number of thioether (sulfide) groups is 1. The molecule has 36 heavy (non-hydrogen) atoms. The van der Waals surface area contributed by atoms with Crippen molar-refractivity contribution in [3.63, 3.8) is 0 Å². The molecule has 2 unspecified atom stereocenters. The Morgan fingerprint density at radius 1 is 1.28 bits per heavy atom. The number of halogens is 1. The number of benzene rings is 1. The number of likely N-dealkylation sites (tertiary alicyclic amines) is 1. The van der Waals surface area contributed by atoms with Gasteiger partial charge >= 0.3 is 5.97 Å². The zero-order chi connectivity index (χ0) is 25.7. The molecule has 1 aromatic heterocycles. The molecular weight excluding hydrogens is 498 g/mol. The first kappa shape index (κ1) is 27.3. The highest BCUT2D eigenvalue weighted by atomic mass is 35.5. The standard InChI is InChI=1S/C24H31ClN4O3S.C2H7N/c1-14(29-6-2-3-15(12-29)24(30)31)21-13-33-23(28-21)20-10-16-9-17(25)11-19(22(16)27-20)26-18-4-7-32-8-5-18;1-3-2/h9-11,14-15,18,21,26-27H,2-8,12-13H2,1H3,(H,30,31);3H,1-2H3/t14?,15-,21?;/m0./s1. The van der Waals surface area contributed by atoms with E-state index in [1.807, 2.05) is 26.2 Å². The van der Waals surface area contributed by atoms with Gasteiger partial charge in [0.15, 0.2) is 0 Å². The summed E-state index contributed by atoms with van der Waals surface area (Å²) in [6.07, 6.45) is 3.68. The third-order valence-corrected chi connectivity index (χ3v) is 8.44. The molecule has 1 aromatic carbocycles. The van der Waals surface area contributed by atoms with E-state index in [-0.39, 0.29) is 18.0 Å². The number of rotatable bonds is 6. The molecule has 2 saturated heterocycles. The van der Waals surface area contributed by atoms with Crippen molar-refractivity contribution in [3.8, 4) is 0 Å². The normalized spacial score (nSPS) is 24.2. The summed E-state index contributed by atoms with van der Waals surface area (Å²) in [5.74, 6) is -0.0359. The second kappa shape index (κ2) is 12.6. The second-order valence-electron chi connectivity index (χ2n) is 9.86. The highest BCUT2D eigenvalue weighted by Gasteiger charge is 2.33. The average molecular weight is 536 g/mol. The van der Waals surface area contributed by atoms with Crippen molar-refractivity contribution in [3.05, 3.63) is 28.9 Å². The first-order valence-corrected chi connectivity index (χ1v) is 14.2. The van der Waals surface area contributed by atoms with Crippen LogP contribution in [-0.2, 0) is 9.53 Å². The number of piperidine rings is 1. The quantitative estimate of drug-likeness (QED) is 0.437. The van der Waals surface area contributed by atoms with Gasteiger partial charge in [0.05, 0.1) is 28.9 Å². The Kier molecular flexibility index (Phi) is 9.58. The Morgan fingerprint density at radius 2 is 2.03 bits per heavy atom. The third kappa shape index (κ3) is 6.55. The van der Waals surface area contributed by atoms with Crippen LogP contribution in [0.3, 0.4) is 0 Å². The molecule has 0 bridgehead atoms. The molecule has 0 radical (unpaired) electrons. The van der Waals surface area contributed by atoms with Gasteiger partial charge in [0.2, 0.25) is 0 Å². The van der Waals surface area contributed by atoms with Crippen LogP contribution < -0.4 is 10.6 Å². The number of anilines is 1. The number of fused-ring (bicyclic) bond motifs is 1. The molecule has 2 fully saturated rings. The van der Waals surface area contributed by atoms with E-state index in [2.05, 4.69) is 33.5 Å². The summed E-state index contributed by atoms with van der Waals surface area (Å²) in [7, 11) is 3.75. The van der Waals surface area contributed by atoms with Gasteiger partial charge in [-0.2, -0.15) is 0 Å². The monoisotopic (exact) mass is 535 g/mol. The Morgan fingerprint density at radius 3 is 2.75 bits per heavy atom. The minimum absolute atomic E-state index is 0.160. The molecule has 3 aliphatic rings. The molecule has 4 heterocycles. The number of aromatic amines is 1. The largest absolute Gasteiger partial charge is 0.481 e. The maximum atomic E-state index is 11.5. The number of carbonyl (C=O) groups is 1. The Hall–Kier alpha value is -1.78. The lowest BCUT2D eigenvalue weighted by Crippen LogP contribution is -2.48. The fourth-order valence-electron chi connectivity index (χ4n) is 5.10. The van der Waals surface area contributed by atoms with E-state index in [1.165, 1.54) is 0 Å². The Labute approximate surface area is 222 Å². The lowest BCUT2D eigenvalue weighted by molar-refractivity contribution is -0.143. The van der Waals surface area contributed by atoms with Crippen LogP contribution in [0, 0.1) is 5.92 Å². The Balaban J connectivity index is 0.000000967. The van der Waals surface area contributed by atoms with Crippen molar-refractivity contribution in [2.24, 2.45) is 10.9 Å². The molecular formula is C26H38ClN5O3S. The predicted octanol–water partition coefficient (Wildman–Crippen LogP) is 4.29. The van der Waals surface area contributed by atoms with Crippen molar-refractivity contribution in [1.82, 2.24) is 15.2 Å². The number of aliphatic imine (C=N–C) groups is 1. The summed E-state index contributed by atoms with van der Waals surface area (Å²) in [6, 6.07) is 6.88. The zero-order valence-corrected chi connectivity index (χ0v) is 22.9. The number of hydrogen-bond donors (Lipinski definition) is 4. The fourth-order valence-corrected chi connectivity index (χ4v) is 6.49. The van der Waals surface area contributed by atoms with Crippen LogP contribution in [0.4, 0.5) is 5.69 Å². The van der Waals surface area contributed by atoms with Gasteiger partial charge in [-0.3, -0.25) is 14.7 Å². The van der Waals surface area contributed by atoms with E-state index < -0.39 is 5.97 Å². The van der Waals surface area contributed by atoms with Gasteiger partial charge < -0.3 is 25.5 Å². The molecule has 5 rings (SSSR count). The average Bonchev–Trinajstić information content (AvgIpc) is 3.52. The summed E-state index contributed by atoms with van der Waals surface area (Å²) in [4.78, 5) is 22.4. The van der Waals surface area contributed by atoms with E-state index in [0.717, 1.165) is 78.5 Å². The summed E-state index contributed by atoms with van der Waals surface area (Å²) in [5, 5.41) is 18.6. The van der Waals surface area contributed by atoms with Crippen molar-refractivity contribution < 1.29 is 14.6 Å². The number of H-pyrrole nitrogens is 1. The zero-order valence-electron chi connectivity index (χ0n) is 21.3. The van der Waals surface area contributed by atoms with Crippen LogP contribution >= 0.6 is 23.4 Å². The number of aromatic nitrogens is 1. The molecule has 0 saturated carbocycles. The number of carboxylic acids is 1. The highest BCUT2D eigenvalue weighted by molar-refractivity contribution is 8.14. The van der Waals surface area contributed by atoms with E-state index in [0.29, 0.717) is 17.6 Å². The smallest absolute Gasteiger partial charge is 0.307 e. The molecule has 2 aromatic rings. The summed E-state index contributed by atoms with van der Waals surface area (Å²) in [6.45, 7) is 5.32. The lowest BCUT2D eigenvalue weighted by atomic mass is 9.96. The van der Waals surface area contributed by atoms with Crippen LogP contribution in [0.1, 0.15) is 38.3 Å². The maximum absolute atomic E-state index is 11.5. The molecule has 3 atom stereocenters. The van der Waals surface area contributed by atoms with Crippen molar-refractivity contribution in [2.45, 2.75) is 50.7 Å². The lowest BCUT2D eigenvalue weighted by Gasteiger charge is -2.36. The first-order chi connectivity index (χ1) is 17.4. The summed E-state index contributed by atoms with van der Waals surface area (Å²) < 4.78 is 5.49. The van der Waals surface area contributed by atoms with Gasteiger partial charge in [-0.15, -0.1) is 11.8 Å². The summed E-state index contributed by atoms with van der Waals surface area (Å²) >= 11 is 8.20. The van der Waals surface area contributed by atoms with Gasteiger partial charge in [-0.25, -0.2) is 0 Å². The topological polar surface area (TPSA) is 102 Å². The van der Waals surface area contributed by atoms with E-state index in [4.69, 9.17) is 21.3 Å². The number of ether oxygens (including phenoxy) is 1. The molecule has 4 N–H and O–H groups in total. The molecule has 0 aliphatic carbocycles. The highest BCUT2D eigenvalue weighted by Crippen LogP contribution is 2.34.